The van der Waals surface area contributed by atoms with Crippen LogP contribution in [-0.2, 0) is 0 Å². The van der Waals surface area contributed by atoms with E-state index in [4.69, 9.17) is 17.3 Å². The first kappa shape index (κ1) is 11.5. The number of nitrogens with zero attached hydrogens (tertiary/aromatic N) is 3. The molecule has 1 unspecified atom stereocenters. The normalized spacial score (nSPS) is 21.1. The molecule has 5 heteroatoms. The molecular weight excluding hydrogens is 224 g/mol. The molecule has 1 aromatic rings. The van der Waals surface area contributed by atoms with E-state index in [2.05, 4.69) is 21.8 Å². The molecule has 0 aliphatic carbocycles. The first-order valence-corrected chi connectivity index (χ1v) is 6.11. The summed E-state index contributed by atoms with van der Waals surface area (Å²) in [6.45, 7) is 4.26. The van der Waals surface area contributed by atoms with Gasteiger partial charge in [0.05, 0.1) is 11.9 Å². The van der Waals surface area contributed by atoms with Gasteiger partial charge in [-0.2, -0.15) is 4.98 Å². The van der Waals surface area contributed by atoms with Gasteiger partial charge in [-0.15, -0.1) is 0 Å². The summed E-state index contributed by atoms with van der Waals surface area (Å²) in [5.74, 6) is 1.53. The minimum absolute atomic E-state index is 0.267. The first-order chi connectivity index (χ1) is 7.70. The summed E-state index contributed by atoms with van der Waals surface area (Å²) in [5.41, 5.74) is 6.49. The summed E-state index contributed by atoms with van der Waals surface area (Å²) in [7, 11) is 0. The van der Waals surface area contributed by atoms with Crippen molar-refractivity contribution < 1.29 is 0 Å². The number of halogens is 1. The van der Waals surface area contributed by atoms with Crippen LogP contribution in [0.3, 0.4) is 0 Å². The number of nitrogen functional groups attached to an aromatic ring is 1. The molecule has 4 nitrogen and oxygen atoms in total. The van der Waals surface area contributed by atoms with E-state index in [1.165, 1.54) is 19.3 Å². The van der Waals surface area contributed by atoms with Gasteiger partial charge in [-0.1, -0.05) is 13.3 Å². The molecule has 88 valence electrons. The van der Waals surface area contributed by atoms with E-state index in [0.29, 0.717) is 5.69 Å². The zero-order valence-corrected chi connectivity index (χ0v) is 10.2. The summed E-state index contributed by atoms with van der Waals surface area (Å²) >= 11 is 5.80. The summed E-state index contributed by atoms with van der Waals surface area (Å²) < 4.78 is 0. The second-order valence-electron chi connectivity index (χ2n) is 4.28. The highest BCUT2D eigenvalue weighted by Crippen LogP contribution is 2.27. The Morgan fingerprint density at radius 2 is 2.44 bits per heavy atom. The van der Waals surface area contributed by atoms with Gasteiger partial charge in [-0.05, 0) is 30.4 Å². The average molecular weight is 241 g/mol. The maximum atomic E-state index is 5.88. The Morgan fingerprint density at radius 1 is 1.62 bits per heavy atom. The second-order valence-corrected chi connectivity index (χ2v) is 4.62. The predicted octanol–water partition coefficient (Wildman–Crippen LogP) is 2.34. The summed E-state index contributed by atoms with van der Waals surface area (Å²) in [5, 5.41) is 0.267. The van der Waals surface area contributed by atoms with Crippen LogP contribution in [0.5, 0.6) is 0 Å². The van der Waals surface area contributed by atoms with Gasteiger partial charge in [-0.25, -0.2) is 4.98 Å². The highest BCUT2D eigenvalue weighted by atomic mass is 35.5. The fourth-order valence-corrected chi connectivity index (χ4v) is 2.33. The Bertz CT molecular complexity index is 369. The fraction of sp³-hybridized carbons (Fsp3) is 0.636. The second kappa shape index (κ2) is 4.87. The third kappa shape index (κ3) is 2.38. The number of anilines is 2. The molecule has 0 aromatic carbocycles. The highest BCUT2D eigenvalue weighted by molar-refractivity contribution is 6.28. The Balaban J connectivity index is 2.19. The minimum atomic E-state index is 0.267. The topological polar surface area (TPSA) is 55.0 Å². The molecule has 1 aromatic heterocycles. The van der Waals surface area contributed by atoms with Gasteiger partial charge < -0.3 is 10.6 Å². The molecule has 1 saturated heterocycles. The van der Waals surface area contributed by atoms with Gasteiger partial charge in [0.1, 0.15) is 0 Å². The van der Waals surface area contributed by atoms with Crippen molar-refractivity contribution in [2.24, 2.45) is 5.92 Å². The lowest BCUT2D eigenvalue weighted by Gasteiger charge is -2.33. The maximum Gasteiger partial charge on any atom is 0.224 e. The predicted molar refractivity (Wildman–Crippen MR) is 66.7 cm³/mol. The third-order valence-electron chi connectivity index (χ3n) is 3.16. The molecule has 1 atom stereocenters. The van der Waals surface area contributed by atoms with Gasteiger partial charge in [0.2, 0.25) is 5.28 Å². The smallest absolute Gasteiger partial charge is 0.224 e. The first-order valence-electron chi connectivity index (χ1n) is 5.73. The van der Waals surface area contributed by atoms with E-state index in [0.717, 1.165) is 24.8 Å². The van der Waals surface area contributed by atoms with Crippen LogP contribution < -0.4 is 10.6 Å². The number of nitrogens with two attached hydrogens (primary N) is 1. The van der Waals surface area contributed by atoms with Crippen molar-refractivity contribution in [1.29, 1.82) is 0 Å². The van der Waals surface area contributed by atoms with Crippen molar-refractivity contribution in [2.45, 2.75) is 26.2 Å². The lowest BCUT2D eigenvalue weighted by molar-refractivity contribution is 0.403. The largest absolute Gasteiger partial charge is 0.394 e. The summed E-state index contributed by atoms with van der Waals surface area (Å²) in [6.07, 6.45) is 5.28. The Hall–Kier alpha value is -1.03. The van der Waals surface area contributed by atoms with Crippen molar-refractivity contribution in [3.8, 4) is 0 Å². The van der Waals surface area contributed by atoms with Gasteiger partial charge in [-0.3, -0.25) is 0 Å². The Labute approximate surface area is 101 Å². The van der Waals surface area contributed by atoms with E-state index >= 15 is 0 Å². The van der Waals surface area contributed by atoms with Gasteiger partial charge in [0.25, 0.3) is 0 Å². The van der Waals surface area contributed by atoms with Gasteiger partial charge in [0.15, 0.2) is 5.82 Å². The highest BCUT2D eigenvalue weighted by Gasteiger charge is 2.21. The molecule has 0 amide bonds. The Kier molecular flexibility index (Phi) is 3.49. The van der Waals surface area contributed by atoms with Crippen LogP contribution in [0.15, 0.2) is 6.20 Å². The minimum Gasteiger partial charge on any atom is -0.394 e. The van der Waals surface area contributed by atoms with E-state index in [9.17, 15) is 0 Å². The van der Waals surface area contributed by atoms with Crippen molar-refractivity contribution >= 4 is 23.1 Å². The molecule has 2 heterocycles. The van der Waals surface area contributed by atoms with Crippen molar-refractivity contribution in [1.82, 2.24) is 9.97 Å². The van der Waals surface area contributed by atoms with Crippen LogP contribution in [0, 0.1) is 5.92 Å². The zero-order chi connectivity index (χ0) is 11.5. The molecule has 1 aliphatic rings. The van der Waals surface area contributed by atoms with Crippen LogP contribution in [0.1, 0.15) is 26.2 Å². The van der Waals surface area contributed by atoms with Crippen LogP contribution >= 0.6 is 11.6 Å². The standard InChI is InChI=1S/C11H17ClN4/c1-2-8-4-3-5-16(7-8)10-9(13)6-14-11(12)15-10/h6,8H,2-5,7,13H2,1H3. The number of hydrogen-bond acceptors (Lipinski definition) is 4. The maximum absolute atomic E-state index is 5.88. The van der Waals surface area contributed by atoms with Crippen LogP contribution in [0.2, 0.25) is 5.28 Å². The van der Waals surface area contributed by atoms with Gasteiger partial charge >= 0.3 is 0 Å². The quantitative estimate of drug-likeness (QED) is 0.807. The van der Waals surface area contributed by atoms with E-state index in [1.54, 1.807) is 6.20 Å². The fourth-order valence-electron chi connectivity index (χ4n) is 2.21. The van der Waals surface area contributed by atoms with E-state index < -0.39 is 0 Å². The van der Waals surface area contributed by atoms with Crippen molar-refractivity contribution in [3.05, 3.63) is 11.5 Å². The van der Waals surface area contributed by atoms with Gasteiger partial charge in [0, 0.05) is 13.1 Å². The lowest BCUT2D eigenvalue weighted by Crippen LogP contribution is -2.36. The molecule has 1 aliphatic heterocycles. The molecule has 16 heavy (non-hydrogen) atoms. The van der Waals surface area contributed by atoms with E-state index in [-0.39, 0.29) is 5.28 Å². The molecule has 2 rings (SSSR count). The molecule has 2 N–H and O–H groups in total. The zero-order valence-electron chi connectivity index (χ0n) is 9.49. The molecule has 0 saturated carbocycles. The SMILES string of the molecule is CCC1CCCN(c2nc(Cl)ncc2N)C1. The van der Waals surface area contributed by atoms with E-state index in [1.807, 2.05) is 0 Å². The lowest BCUT2D eigenvalue weighted by atomic mass is 9.96. The van der Waals surface area contributed by atoms with Crippen LogP contribution in [0.25, 0.3) is 0 Å². The number of rotatable bonds is 2. The number of hydrogen-bond donors (Lipinski definition) is 1. The molecule has 1 fully saturated rings. The van der Waals surface area contributed by atoms with Crippen LogP contribution in [-0.4, -0.2) is 23.1 Å². The molecular formula is C11H17ClN4. The molecule has 0 radical (unpaired) electrons. The van der Waals surface area contributed by atoms with Crippen molar-refractivity contribution in [2.75, 3.05) is 23.7 Å². The van der Waals surface area contributed by atoms with Crippen molar-refractivity contribution in [3.63, 3.8) is 0 Å². The monoisotopic (exact) mass is 240 g/mol. The Morgan fingerprint density at radius 3 is 3.19 bits per heavy atom. The number of aromatic nitrogens is 2. The third-order valence-corrected chi connectivity index (χ3v) is 3.34. The average Bonchev–Trinajstić information content (AvgIpc) is 2.32. The van der Waals surface area contributed by atoms with Crippen LogP contribution in [0.4, 0.5) is 11.5 Å². The molecule has 0 spiro atoms. The molecule has 0 bridgehead atoms. The summed E-state index contributed by atoms with van der Waals surface area (Å²) in [6, 6.07) is 0. The summed E-state index contributed by atoms with van der Waals surface area (Å²) in [4.78, 5) is 10.3. The number of piperidine rings is 1.